The molecule has 5 heteroatoms. The molecule has 3 aromatic heterocycles. The Kier molecular flexibility index (Phi) is 2.74. The average molecular weight is 262 g/mol. The summed E-state index contributed by atoms with van der Waals surface area (Å²) in [5.41, 5.74) is 0.841. The zero-order chi connectivity index (χ0) is 11.7. The highest BCUT2D eigenvalue weighted by atomic mass is 35.5. The van der Waals surface area contributed by atoms with Gasteiger partial charge in [0, 0.05) is 28.9 Å². The van der Waals surface area contributed by atoms with E-state index in [0.29, 0.717) is 5.02 Å². The van der Waals surface area contributed by atoms with Gasteiger partial charge in [-0.1, -0.05) is 29.4 Å². The van der Waals surface area contributed by atoms with Crippen molar-refractivity contribution in [3.05, 3.63) is 47.9 Å². The summed E-state index contributed by atoms with van der Waals surface area (Å²) < 4.78 is 0. The molecule has 0 amide bonds. The standard InChI is InChI=1S/C12H8ClN3S/c13-8-5-9-10(7-16-12(9)15-6-8)17-11-3-1-2-4-14-11/h1-7H,(H,15,16). The maximum atomic E-state index is 5.95. The van der Waals surface area contributed by atoms with Crippen LogP contribution in [0.15, 0.2) is 52.8 Å². The predicted octanol–water partition coefficient (Wildman–Crippen LogP) is 3.76. The first kappa shape index (κ1) is 10.6. The fourth-order valence-electron chi connectivity index (χ4n) is 1.56. The van der Waals surface area contributed by atoms with Crippen molar-refractivity contribution < 1.29 is 0 Å². The smallest absolute Gasteiger partial charge is 0.138 e. The minimum absolute atomic E-state index is 0.639. The second-order valence-electron chi connectivity index (χ2n) is 3.47. The number of rotatable bonds is 2. The van der Waals surface area contributed by atoms with Gasteiger partial charge in [0.2, 0.25) is 0 Å². The van der Waals surface area contributed by atoms with Crippen LogP contribution in [0.3, 0.4) is 0 Å². The molecular formula is C12H8ClN3S. The lowest BCUT2D eigenvalue weighted by molar-refractivity contribution is 1.13. The molecule has 3 nitrogen and oxygen atoms in total. The minimum Gasteiger partial charge on any atom is -0.345 e. The van der Waals surface area contributed by atoms with Crippen LogP contribution < -0.4 is 0 Å². The third-order valence-corrected chi connectivity index (χ3v) is 3.53. The predicted molar refractivity (Wildman–Crippen MR) is 69.5 cm³/mol. The summed E-state index contributed by atoms with van der Waals surface area (Å²) in [5, 5.41) is 2.61. The molecule has 0 fully saturated rings. The molecular weight excluding hydrogens is 254 g/mol. The lowest BCUT2D eigenvalue weighted by Crippen LogP contribution is -1.77. The molecule has 84 valence electrons. The number of nitrogens with zero attached hydrogens (tertiary/aromatic N) is 2. The third-order valence-electron chi connectivity index (χ3n) is 2.31. The molecule has 0 saturated carbocycles. The van der Waals surface area contributed by atoms with Crippen LogP contribution in [0.4, 0.5) is 0 Å². The number of fused-ring (bicyclic) bond motifs is 1. The summed E-state index contributed by atoms with van der Waals surface area (Å²) in [7, 11) is 0. The number of pyridine rings is 2. The van der Waals surface area contributed by atoms with Gasteiger partial charge in [0.05, 0.1) is 5.02 Å². The highest BCUT2D eigenvalue weighted by molar-refractivity contribution is 7.99. The van der Waals surface area contributed by atoms with E-state index >= 15 is 0 Å². The van der Waals surface area contributed by atoms with Crippen LogP contribution in [-0.2, 0) is 0 Å². The van der Waals surface area contributed by atoms with Crippen LogP contribution in [0.5, 0.6) is 0 Å². The van der Waals surface area contributed by atoms with Gasteiger partial charge < -0.3 is 4.98 Å². The molecule has 0 radical (unpaired) electrons. The maximum Gasteiger partial charge on any atom is 0.138 e. The third kappa shape index (κ3) is 2.14. The van der Waals surface area contributed by atoms with Gasteiger partial charge in [-0.2, -0.15) is 0 Å². The van der Waals surface area contributed by atoms with Crippen molar-refractivity contribution in [2.75, 3.05) is 0 Å². The molecule has 0 aliphatic heterocycles. The fraction of sp³-hybridized carbons (Fsp3) is 0. The Morgan fingerprint density at radius 2 is 2.18 bits per heavy atom. The average Bonchev–Trinajstić information content (AvgIpc) is 2.73. The van der Waals surface area contributed by atoms with Crippen molar-refractivity contribution in [3.8, 4) is 0 Å². The highest BCUT2D eigenvalue weighted by Crippen LogP contribution is 2.32. The Hall–Kier alpha value is -1.52. The van der Waals surface area contributed by atoms with Crippen molar-refractivity contribution in [3.63, 3.8) is 0 Å². The Labute approximate surface area is 107 Å². The molecule has 0 aliphatic carbocycles. The van der Waals surface area contributed by atoms with Crippen molar-refractivity contribution in [1.29, 1.82) is 0 Å². The summed E-state index contributed by atoms with van der Waals surface area (Å²) in [6, 6.07) is 7.75. The van der Waals surface area contributed by atoms with E-state index < -0.39 is 0 Å². The number of hydrogen-bond donors (Lipinski definition) is 1. The van der Waals surface area contributed by atoms with Gasteiger partial charge in [-0.15, -0.1) is 0 Å². The summed E-state index contributed by atoms with van der Waals surface area (Å²) in [6.07, 6.45) is 5.34. The number of halogens is 1. The van der Waals surface area contributed by atoms with E-state index in [0.717, 1.165) is 21.0 Å². The quantitative estimate of drug-likeness (QED) is 0.764. The molecule has 17 heavy (non-hydrogen) atoms. The topological polar surface area (TPSA) is 41.6 Å². The second kappa shape index (κ2) is 4.39. The summed E-state index contributed by atoms with van der Waals surface area (Å²) in [6.45, 7) is 0. The summed E-state index contributed by atoms with van der Waals surface area (Å²) in [4.78, 5) is 12.7. The van der Waals surface area contributed by atoms with Gasteiger partial charge >= 0.3 is 0 Å². The molecule has 1 N–H and O–H groups in total. The van der Waals surface area contributed by atoms with Gasteiger partial charge in [0.25, 0.3) is 0 Å². The van der Waals surface area contributed by atoms with E-state index in [9.17, 15) is 0 Å². The second-order valence-corrected chi connectivity index (χ2v) is 4.97. The van der Waals surface area contributed by atoms with Gasteiger partial charge in [-0.3, -0.25) is 0 Å². The Morgan fingerprint density at radius 3 is 3.00 bits per heavy atom. The molecule has 0 saturated heterocycles. The lowest BCUT2D eigenvalue weighted by atomic mass is 10.3. The van der Waals surface area contributed by atoms with Crippen LogP contribution in [0.25, 0.3) is 11.0 Å². The molecule has 3 rings (SSSR count). The normalized spacial score (nSPS) is 10.9. The Balaban J connectivity index is 2.03. The van der Waals surface area contributed by atoms with E-state index in [-0.39, 0.29) is 0 Å². The summed E-state index contributed by atoms with van der Waals surface area (Å²) >= 11 is 7.54. The van der Waals surface area contributed by atoms with Crippen LogP contribution in [0, 0.1) is 0 Å². The monoisotopic (exact) mass is 261 g/mol. The van der Waals surface area contributed by atoms with Gasteiger partial charge in [-0.05, 0) is 18.2 Å². The SMILES string of the molecule is Clc1cnc2[nH]cc(Sc3ccccn3)c2c1. The van der Waals surface area contributed by atoms with Gasteiger partial charge in [0.1, 0.15) is 10.7 Å². The number of H-pyrrole nitrogens is 1. The first-order valence-corrected chi connectivity index (χ1v) is 6.24. The molecule has 0 aliphatic rings. The van der Waals surface area contributed by atoms with E-state index in [1.807, 2.05) is 30.5 Å². The van der Waals surface area contributed by atoms with Gasteiger partial charge in [-0.25, -0.2) is 9.97 Å². The zero-order valence-corrected chi connectivity index (χ0v) is 10.3. The van der Waals surface area contributed by atoms with E-state index in [1.54, 1.807) is 24.2 Å². The molecule has 0 aromatic carbocycles. The van der Waals surface area contributed by atoms with Crippen molar-refractivity contribution in [1.82, 2.24) is 15.0 Å². The van der Waals surface area contributed by atoms with E-state index in [2.05, 4.69) is 15.0 Å². The van der Waals surface area contributed by atoms with Crippen molar-refractivity contribution >= 4 is 34.4 Å². The first-order chi connectivity index (χ1) is 8.33. The Morgan fingerprint density at radius 1 is 1.24 bits per heavy atom. The number of hydrogen-bond acceptors (Lipinski definition) is 3. The first-order valence-electron chi connectivity index (χ1n) is 5.04. The van der Waals surface area contributed by atoms with Crippen LogP contribution in [0.2, 0.25) is 5.02 Å². The van der Waals surface area contributed by atoms with Crippen molar-refractivity contribution in [2.24, 2.45) is 0 Å². The van der Waals surface area contributed by atoms with Crippen LogP contribution in [-0.4, -0.2) is 15.0 Å². The maximum absolute atomic E-state index is 5.95. The lowest BCUT2D eigenvalue weighted by Gasteiger charge is -1.98. The highest BCUT2D eigenvalue weighted by Gasteiger charge is 2.07. The molecule has 0 spiro atoms. The largest absolute Gasteiger partial charge is 0.345 e. The number of aromatic amines is 1. The fourth-order valence-corrected chi connectivity index (χ4v) is 2.59. The number of nitrogens with one attached hydrogen (secondary N) is 1. The van der Waals surface area contributed by atoms with Crippen molar-refractivity contribution in [2.45, 2.75) is 9.92 Å². The van der Waals surface area contributed by atoms with Crippen LogP contribution >= 0.6 is 23.4 Å². The van der Waals surface area contributed by atoms with Gasteiger partial charge in [0.15, 0.2) is 0 Å². The minimum atomic E-state index is 0.639. The molecule has 3 heterocycles. The van der Waals surface area contributed by atoms with E-state index in [1.165, 1.54) is 0 Å². The number of aromatic nitrogens is 3. The summed E-state index contributed by atoms with van der Waals surface area (Å²) in [5.74, 6) is 0. The molecule has 0 atom stereocenters. The van der Waals surface area contributed by atoms with E-state index in [4.69, 9.17) is 11.6 Å². The van der Waals surface area contributed by atoms with Crippen LogP contribution in [0.1, 0.15) is 0 Å². The molecule has 0 bridgehead atoms. The Bertz CT molecular complexity index is 651. The zero-order valence-electron chi connectivity index (χ0n) is 8.72. The molecule has 0 unspecified atom stereocenters. The molecule has 3 aromatic rings.